The SMILES string of the molecule is COc1cccn2cc(-c3ccc(F)c(Br)c3)nc12. The summed E-state index contributed by atoms with van der Waals surface area (Å²) in [5.41, 5.74) is 2.35. The quantitative estimate of drug-likeness (QED) is 0.715. The number of rotatable bonds is 2. The van der Waals surface area contributed by atoms with Crippen LogP contribution < -0.4 is 4.74 Å². The first-order chi connectivity index (χ1) is 9.19. The molecule has 0 radical (unpaired) electrons. The van der Waals surface area contributed by atoms with Crippen LogP contribution in [-0.4, -0.2) is 16.5 Å². The van der Waals surface area contributed by atoms with Gasteiger partial charge in [-0.25, -0.2) is 9.37 Å². The number of methoxy groups -OCH3 is 1. The van der Waals surface area contributed by atoms with Crippen molar-refractivity contribution in [1.82, 2.24) is 9.38 Å². The van der Waals surface area contributed by atoms with E-state index < -0.39 is 0 Å². The number of hydrogen-bond donors (Lipinski definition) is 0. The number of hydrogen-bond acceptors (Lipinski definition) is 2. The molecule has 2 heterocycles. The van der Waals surface area contributed by atoms with E-state index in [-0.39, 0.29) is 5.82 Å². The summed E-state index contributed by atoms with van der Waals surface area (Å²) in [6.45, 7) is 0. The minimum atomic E-state index is -0.287. The van der Waals surface area contributed by atoms with Gasteiger partial charge in [0.25, 0.3) is 0 Å². The molecule has 2 aromatic heterocycles. The number of halogens is 2. The third-order valence-electron chi connectivity index (χ3n) is 2.88. The van der Waals surface area contributed by atoms with Crippen LogP contribution in [0.25, 0.3) is 16.9 Å². The zero-order valence-corrected chi connectivity index (χ0v) is 11.7. The Labute approximate surface area is 117 Å². The third-order valence-corrected chi connectivity index (χ3v) is 3.49. The molecule has 5 heteroatoms. The van der Waals surface area contributed by atoms with Crippen molar-refractivity contribution in [1.29, 1.82) is 0 Å². The van der Waals surface area contributed by atoms with E-state index in [0.717, 1.165) is 16.9 Å². The van der Waals surface area contributed by atoms with Crippen LogP contribution in [0.3, 0.4) is 0 Å². The molecule has 0 unspecified atom stereocenters. The van der Waals surface area contributed by atoms with Gasteiger partial charge in [0.15, 0.2) is 11.4 Å². The molecule has 3 nitrogen and oxygen atoms in total. The molecule has 0 N–H and O–H groups in total. The van der Waals surface area contributed by atoms with Gasteiger partial charge in [-0.15, -0.1) is 0 Å². The lowest BCUT2D eigenvalue weighted by molar-refractivity contribution is 0.417. The first-order valence-corrected chi connectivity index (χ1v) is 6.45. The summed E-state index contributed by atoms with van der Waals surface area (Å²) < 4.78 is 20.8. The fraction of sp³-hybridized carbons (Fsp3) is 0.0714. The lowest BCUT2D eigenvalue weighted by atomic mass is 10.2. The molecule has 1 aromatic carbocycles. The number of fused-ring (bicyclic) bond motifs is 1. The predicted octanol–water partition coefficient (Wildman–Crippen LogP) is 3.91. The van der Waals surface area contributed by atoms with Crippen molar-refractivity contribution >= 4 is 21.6 Å². The molecule has 0 aliphatic rings. The van der Waals surface area contributed by atoms with Gasteiger partial charge < -0.3 is 9.14 Å². The summed E-state index contributed by atoms with van der Waals surface area (Å²) in [7, 11) is 1.61. The van der Waals surface area contributed by atoms with Crippen molar-refractivity contribution in [3.8, 4) is 17.0 Å². The van der Waals surface area contributed by atoms with Crippen molar-refractivity contribution in [2.75, 3.05) is 7.11 Å². The maximum Gasteiger partial charge on any atom is 0.180 e. The number of ether oxygens (including phenoxy) is 1. The number of imidazole rings is 1. The molecule has 0 aliphatic carbocycles. The maximum absolute atomic E-state index is 13.2. The fourth-order valence-electron chi connectivity index (χ4n) is 1.94. The summed E-state index contributed by atoms with van der Waals surface area (Å²) >= 11 is 3.18. The second-order valence-corrected chi connectivity index (χ2v) is 4.92. The van der Waals surface area contributed by atoms with Gasteiger partial charge in [0, 0.05) is 18.0 Å². The van der Waals surface area contributed by atoms with E-state index >= 15 is 0 Å². The standard InChI is InChI=1S/C14H10BrFN2O/c1-19-13-3-2-6-18-8-12(17-14(13)18)9-4-5-11(16)10(15)7-9/h2-8H,1H3. The minimum Gasteiger partial charge on any atom is -0.493 e. The van der Waals surface area contributed by atoms with Gasteiger partial charge in [-0.1, -0.05) is 0 Å². The molecule has 0 saturated heterocycles. The molecule has 0 aliphatic heterocycles. The van der Waals surface area contributed by atoms with Crippen LogP contribution in [0, 0.1) is 5.82 Å². The van der Waals surface area contributed by atoms with Crippen LogP contribution in [0.4, 0.5) is 4.39 Å². The average molecular weight is 321 g/mol. The molecule has 0 fully saturated rings. The first kappa shape index (κ1) is 12.2. The normalized spacial score (nSPS) is 10.9. The summed E-state index contributed by atoms with van der Waals surface area (Å²) in [5, 5.41) is 0. The monoisotopic (exact) mass is 320 g/mol. The molecule has 0 spiro atoms. The van der Waals surface area contributed by atoms with Crippen LogP contribution in [0.15, 0.2) is 47.2 Å². The highest BCUT2D eigenvalue weighted by Crippen LogP contribution is 2.27. The Kier molecular flexibility index (Phi) is 2.98. The number of benzene rings is 1. The van der Waals surface area contributed by atoms with Crippen LogP contribution in [0.2, 0.25) is 0 Å². The Balaban J connectivity index is 2.17. The van der Waals surface area contributed by atoms with Gasteiger partial charge in [-0.05, 0) is 46.3 Å². The molecule has 0 bridgehead atoms. The Bertz CT molecular complexity index is 754. The zero-order valence-electron chi connectivity index (χ0n) is 10.1. The minimum absolute atomic E-state index is 0.287. The predicted molar refractivity (Wildman–Crippen MR) is 74.8 cm³/mol. The van der Waals surface area contributed by atoms with Gasteiger partial charge in [0.1, 0.15) is 5.82 Å². The van der Waals surface area contributed by atoms with Crippen LogP contribution in [-0.2, 0) is 0 Å². The molecule has 96 valence electrons. The summed E-state index contributed by atoms with van der Waals surface area (Å²) in [6, 6.07) is 8.57. The largest absolute Gasteiger partial charge is 0.493 e. The van der Waals surface area contributed by atoms with Gasteiger partial charge >= 0.3 is 0 Å². The van der Waals surface area contributed by atoms with Crippen LogP contribution in [0.1, 0.15) is 0 Å². The van der Waals surface area contributed by atoms with Crippen molar-refractivity contribution in [2.45, 2.75) is 0 Å². The number of aromatic nitrogens is 2. The van der Waals surface area contributed by atoms with Crippen molar-refractivity contribution in [3.63, 3.8) is 0 Å². The second-order valence-electron chi connectivity index (χ2n) is 4.06. The van der Waals surface area contributed by atoms with E-state index in [1.807, 2.05) is 28.9 Å². The average Bonchev–Trinajstić information content (AvgIpc) is 2.85. The number of nitrogens with zero attached hydrogens (tertiary/aromatic N) is 2. The molecule has 0 saturated carbocycles. The smallest absolute Gasteiger partial charge is 0.180 e. The fourth-order valence-corrected chi connectivity index (χ4v) is 2.32. The molecule has 3 rings (SSSR count). The molecular formula is C14H10BrFN2O. The lowest BCUT2D eigenvalue weighted by Crippen LogP contribution is -1.88. The van der Waals surface area contributed by atoms with Gasteiger partial charge in [-0.3, -0.25) is 0 Å². The van der Waals surface area contributed by atoms with Gasteiger partial charge in [0.2, 0.25) is 0 Å². The van der Waals surface area contributed by atoms with Crippen LogP contribution in [0.5, 0.6) is 5.75 Å². The molecule has 0 amide bonds. The van der Waals surface area contributed by atoms with E-state index in [2.05, 4.69) is 20.9 Å². The summed E-state index contributed by atoms with van der Waals surface area (Å²) in [6.07, 6.45) is 3.78. The number of pyridine rings is 1. The highest BCUT2D eigenvalue weighted by atomic mass is 79.9. The lowest BCUT2D eigenvalue weighted by Gasteiger charge is -1.99. The zero-order chi connectivity index (χ0) is 13.4. The highest BCUT2D eigenvalue weighted by molar-refractivity contribution is 9.10. The highest BCUT2D eigenvalue weighted by Gasteiger charge is 2.09. The Morgan fingerprint density at radius 3 is 2.89 bits per heavy atom. The summed E-state index contributed by atoms with van der Waals surface area (Å²) in [4.78, 5) is 4.52. The van der Waals surface area contributed by atoms with Crippen LogP contribution >= 0.6 is 15.9 Å². The third kappa shape index (κ3) is 2.10. The molecule has 3 aromatic rings. The van der Waals surface area contributed by atoms with Crippen molar-refractivity contribution in [2.24, 2.45) is 0 Å². The van der Waals surface area contributed by atoms with E-state index in [4.69, 9.17) is 4.74 Å². The molecule has 0 atom stereocenters. The first-order valence-electron chi connectivity index (χ1n) is 5.66. The topological polar surface area (TPSA) is 26.5 Å². The Morgan fingerprint density at radius 2 is 2.16 bits per heavy atom. The second kappa shape index (κ2) is 4.66. The Hall–Kier alpha value is -1.88. The van der Waals surface area contributed by atoms with Crippen molar-refractivity contribution in [3.05, 3.63) is 53.0 Å². The molecular weight excluding hydrogens is 311 g/mol. The van der Waals surface area contributed by atoms with Gasteiger partial charge in [0.05, 0.1) is 17.3 Å². The van der Waals surface area contributed by atoms with E-state index in [9.17, 15) is 4.39 Å². The van der Waals surface area contributed by atoms with Gasteiger partial charge in [-0.2, -0.15) is 0 Å². The maximum atomic E-state index is 13.2. The molecule has 19 heavy (non-hydrogen) atoms. The summed E-state index contributed by atoms with van der Waals surface area (Å²) in [5.74, 6) is 0.417. The van der Waals surface area contributed by atoms with E-state index in [1.54, 1.807) is 19.2 Å². The van der Waals surface area contributed by atoms with E-state index in [0.29, 0.717) is 10.2 Å². The Morgan fingerprint density at radius 1 is 1.32 bits per heavy atom. The van der Waals surface area contributed by atoms with E-state index in [1.165, 1.54) is 6.07 Å². The van der Waals surface area contributed by atoms with Crippen molar-refractivity contribution < 1.29 is 9.13 Å².